The third-order valence-corrected chi connectivity index (χ3v) is 5.78. The number of pyridine rings is 1. The summed E-state index contributed by atoms with van der Waals surface area (Å²) in [6.07, 6.45) is 4.64. The molecule has 1 aliphatic heterocycles. The van der Waals surface area contributed by atoms with Crippen LogP contribution in [0, 0.1) is 6.92 Å². The summed E-state index contributed by atoms with van der Waals surface area (Å²) in [7, 11) is 2.25. The molecule has 1 unspecified atom stereocenters. The molecule has 6 nitrogen and oxygen atoms in total. The summed E-state index contributed by atoms with van der Waals surface area (Å²) >= 11 is 1.81. The Morgan fingerprint density at radius 3 is 3.04 bits per heavy atom. The molecule has 24 heavy (non-hydrogen) atoms. The molecule has 0 aliphatic carbocycles. The Morgan fingerprint density at radius 1 is 1.29 bits per heavy atom. The molecule has 0 saturated carbocycles. The van der Waals surface area contributed by atoms with Crippen molar-refractivity contribution in [1.82, 2.24) is 24.6 Å². The maximum atomic E-state index is 4.84. The highest BCUT2D eigenvalue weighted by Gasteiger charge is 2.25. The van der Waals surface area contributed by atoms with Crippen LogP contribution >= 0.6 is 11.3 Å². The Labute approximate surface area is 142 Å². The third kappa shape index (κ3) is 1.98. The predicted octanol–water partition coefficient (Wildman–Crippen LogP) is 1.28. The first kappa shape index (κ1) is 14.0. The number of hydrogen-bond acceptors (Lipinski definition) is 5. The van der Waals surface area contributed by atoms with Crippen LogP contribution in [-0.4, -0.2) is 38.2 Å². The number of likely N-dealkylation sites (N-methyl/N-ethyl adjacent to an activating group) is 1. The van der Waals surface area contributed by atoms with Gasteiger partial charge in [-0.15, -0.1) is 16.4 Å². The number of hydrogen-bond donors (Lipinski definition) is 1. The van der Waals surface area contributed by atoms with E-state index in [9.17, 15) is 0 Å². The number of aromatic nitrogens is 5. The molecular formula is C17H17N6S+. The van der Waals surface area contributed by atoms with Crippen LogP contribution in [0.3, 0.4) is 0 Å². The molecule has 1 atom stereocenters. The van der Waals surface area contributed by atoms with E-state index in [-0.39, 0.29) is 0 Å². The van der Waals surface area contributed by atoms with Crippen LogP contribution in [0.25, 0.3) is 27.3 Å². The molecular weight excluding hydrogens is 320 g/mol. The fourth-order valence-corrected chi connectivity index (χ4v) is 4.80. The molecule has 0 fully saturated rings. The summed E-state index contributed by atoms with van der Waals surface area (Å²) in [4.78, 5) is 17.9. The van der Waals surface area contributed by atoms with Crippen molar-refractivity contribution in [3.63, 3.8) is 0 Å². The van der Waals surface area contributed by atoms with Crippen molar-refractivity contribution in [1.29, 1.82) is 0 Å². The van der Waals surface area contributed by atoms with Crippen molar-refractivity contribution < 1.29 is 4.90 Å². The summed E-state index contributed by atoms with van der Waals surface area (Å²) in [5.41, 5.74) is 3.28. The molecule has 4 aromatic rings. The SMILES string of the molecule is Cc1nc2sc3c(c2c2nc(-c4cccnc4)nn12)CC[NH+](C)C3. The maximum absolute atomic E-state index is 4.84. The van der Waals surface area contributed by atoms with Gasteiger partial charge in [-0.25, -0.2) is 9.97 Å². The van der Waals surface area contributed by atoms with E-state index in [1.54, 1.807) is 17.3 Å². The van der Waals surface area contributed by atoms with E-state index in [0.29, 0.717) is 5.82 Å². The fourth-order valence-electron chi connectivity index (χ4n) is 3.43. The summed E-state index contributed by atoms with van der Waals surface area (Å²) < 4.78 is 1.88. The lowest BCUT2D eigenvalue weighted by Gasteiger charge is -2.19. The van der Waals surface area contributed by atoms with E-state index in [1.807, 2.05) is 34.9 Å². The van der Waals surface area contributed by atoms with Crippen molar-refractivity contribution in [2.24, 2.45) is 0 Å². The van der Waals surface area contributed by atoms with E-state index in [0.717, 1.165) is 41.4 Å². The summed E-state index contributed by atoms with van der Waals surface area (Å²) in [5, 5.41) is 5.87. The monoisotopic (exact) mass is 337 g/mol. The van der Waals surface area contributed by atoms with Gasteiger partial charge in [0.15, 0.2) is 11.5 Å². The van der Waals surface area contributed by atoms with Crippen LogP contribution < -0.4 is 4.90 Å². The van der Waals surface area contributed by atoms with Gasteiger partial charge in [0, 0.05) is 24.4 Å². The molecule has 1 N–H and O–H groups in total. The third-order valence-electron chi connectivity index (χ3n) is 4.66. The normalized spacial score (nSPS) is 17.5. The van der Waals surface area contributed by atoms with E-state index in [1.165, 1.54) is 15.8 Å². The molecule has 0 spiro atoms. The van der Waals surface area contributed by atoms with E-state index in [4.69, 9.17) is 9.97 Å². The lowest BCUT2D eigenvalue weighted by Crippen LogP contribution is -3.08. The van der Waals surface area contributed by atoms with Gasteiger partial charge in [0.25, 0.3) is 0 Å². The fraction of sp³-hybridized carbons (Fsp3) is 0.294. The first-order valence-corrected chi connectivity index (χ1v) is 8.91. The number of rotatable bonds is 1. The largest absolute Gasteiger partial charge is 0.333 e. The Morgan fingerprint density at radius 2 is 2.21 bits per heavy atom. The molecule has 120 valence electrons. The van der Waals surface area contributed by atoms with Crippen LogP contribution in [0.2, 0.25) is 0 Å². The van der Waals surface area contributed by atoms with E-state index < -0.39 is 0 Å². The molecule has 1 aliphatic rings. The lowest BCUT2D eigenvalue weighted by atomic mass is 10.1. The topological polar surface area (TPSA) is 60.4 Å². The zero-order valence-electron chi connectivity index (χ0n) is 13.6. The molecule has 7 heteroatoms. The summed E-state index contributed by atoms with van der Waals surface area (Å²) in [5.74, 6) is 1.58. The predicted molar refractivity (Wildman–Crippen MR) is 93.3 cm³/mol. The second-order valence-corrected chi connectivity index (χ2v) is 7.47. The highest BCUT2D eigenvalue weighted by atomic mass is 32.1. The molecule has 0 radical (unpaired) electrons. The van der Waals surface area contributed by atoms with Crippen molar-refractivity contribution in [3.8, 4) is 11.4 Å². The van der Waals surface area contributed by atoms with Gasteiger partial charge >= 0.3 is 0 Å². The second-order valence-electron chi connectivity index (χ2n) is 6.39. The molecule has 0 aromatic carbocycles. The Hall–Kier alpha value is -2.38. The van der Waals surface area contributed by atoms with Crippen LogP contribution in [0.1, 0.15) is 16.3 Å². The van der Waals surface area contributed by atoms with Gasteiger partial charge in [0.2, 0.25) is 0 Å². The van der Waals surface area contributed by atoms with Gasteiger partial charge in [0.1, 0.15) is 17.2 Å². The Kier molecular flexibility index (Phi) is 2.95. The Balaban J connectivity index is 1.82. The minimum atomic E-state index is 0.707. The highest BCUT2D eigenvalue weighted by molar-refractivity contribution is 7.19. The first-order chi connectivity index (χ1) is 11.7. The zero-order chi connectivity index (χ0) is 16.3. The lowest BCUT2D eigenvalue weighted by molar-refractivity contribution is -0.895. The quantitative estimate of drug-likeness (QED) is 0.568. The maximum Gasteiger partial charge on any atom is 0.183 e. The smallest absolute Gasteiger partial charge is 0.183 e. The molecule has 5 heterocycles. The van der Waals surface area contributed by atoms with Crippen LogP contribution in [0.4, 0.5) is 0 Å². The second kappa shape index (κ2) is 5.06. The van der Waals surface area contributed by atoms with Crippen molar-refractivity contribution in [2.45, 2.75) is 19.9 Å². The average molecular weight is 337 g/mol. The number of aryl methyl sites for hydroxylation is 1. The summed E-state index contributed by atoms with van der Waals surface area (Å²) in [6.45, 7) is 4.22. The van der Waals surface area contributed by atoms with Gasteiger partial charge in [-0.1, -0.05) is 0 Å². The van der Waals surface area contributed by atoms with Crippen molar-refractivity contribution in [3.05, 3.63) is 40.8 Å². The number of nitrogens with zero attached hydrogens (tertiary/aromatic N) is 5. The van der Waals surface area contributed by atoms with Crippen molar-refractivity contribution >= 4 is 27.2 Å². The van der Waals surface area contributed by atoms with E-state index in [2.05, 4.69) is 17.1 Å². The van der Waals surface area contributed by atoms with Crippen LogP contribution in [0.15, 0.2) is 24.5 Å². The van der Waals surface area contributed by atoms with Crippen LogP contribution in [-0.2, 0) is 13.0 Å². The molecule has 5 rings (SSSR count). The number of quaternary nitrogens is 1. The summed E-state index contributed by atoms with van der Waals surface area (Å²) in [6, 6.07) is 3.90. The molecule has 0 saturated heterocycles. The van der Waals surface area contributed by atoms with Gasteiger partial charge in [0.05, 0.1) is 23.9 Å². The van der Waals surface area contributed by atoms with Crippen molar-refractivity contribution in [2.75, 3.05) is 13.6 Å². The van der Waals surface area contributed by atoms with Crippen LogP contribution in [0.5, 0.6) is 0 Å². The van der Waals surface area contributed by atoms with Gasteiger partial charge in [-0.3, -0.25) is 4.98 Å². The van der Waals surface area contributed by atoms with Gasteiger partial charge in [-0.2, -0.15) is 4.52 Å². The molecule has 0 bridgehead atoms. The number of nitrogens with one attached hydrogen (secondary N) is 1. The molecule has 0 amide bonds. The van der Waals surface area contributed by atoms with Gasteiger partial charge < -0.3 is 4.90 Å². The van der Waals surface area contributed by atoms with Gasteiger partial charge in [-0.05, 0) is 24.6 Å². The minimum absolute atomic E-state index is 0.707. The number of fused-ring (bicyclic) bond motifs is 5. The number of thiophene rings is 1. The minimum Gasteiger partial charge on any atom is -0.333 e. The average Bonchev–Trinajstić information content (AvgIpc) is 3.16. The zero-order valence-corrected chi connectivity index (χ0v) is 14.4. The standard InChI is InChI=1S/C17H16N6S/c1-10-19-17-14(12-5-7-22(2)9-13(12)24-17)16-20-15(21-23(10)16)11-4-3-6-18-8-11/h3-4,6,8H,5,7,9H2,1-2H3/p+1. The molecule has 4 aromatic heterocycles. The Bertz CT molecular complexity index is 1070. The first-order valence-electron chi connectivity index (χ1n) is 8.10. The highest BCUT2D eigenvalue weighted by Crippen LogP contribution is 2.34. The van der Waals surface area contributed by atoms with E-state index >= 15 is 0 Å².